The van der Waals surface area contributed by atoms with E-state index in [-0.39, 0.29) is 6.61 Å². The van der Waals surface area contributed by atoms with Crippen LogP contribution in [0.1, 0.15) is 16.6 Å². The van der Waals surface area contributed by atoms with Gasteiger partial charge in [0.1, 0.15) is 4.88 Å². The molecule has 26 heavy (non-hydrogen) atoms. The third-order valence-corrected chi connectivity index (χ3v) is 5.70. The van der Waals surface area contributed by atoms with Crippen LogP contribution in [0, 0.1) is 6.57 Å². The van der Waals surface area contributed by atoms with Crippen molar-refractivity contribution in [2.45, 2.75) is 6.92 Å². The summed E-state index contributed by atoms with van der Waals surface area (Å²) >= 11 is 13.6. The van der Waals surface area contributed by atoms with Crippen molar-refractivity contribution in [2.75, 3.05) is 37.8 Å². The van der Waals surface area contributed by atoms with Crippen molar-refractivity contribution in [3.63, 3.8) is 0 Å². The van der Waals surface area contributed by atoms with Gasteiger partial charge in [0.05, 0.1) is 31.4 Å². The van der Waals surface area contributed by atoms with Crippen molar-refractivity contribution < 1.29 is 14.3 Å². The van der Waals surface area contributed by atoms with E-state index in [0.29, 0.717) is 58.0 Å². The van der Waals surface area contributed by atoms with Gasteiger partial charge >= 0.3 is 5.97 Å². The van der Waals surface area contributed by atoms with Crippen LogP contribution in [0.2, 0.25) is 10.0 Å². The summed E-state index contributed by atoms with van der Waals surface area (Å²) in [6.07, 6.45) is 0. The Bertz CT molecular complexity index is 870. The summed E-state index contributed by atoms with van der Waals surface area (Å²) in [4.78, 5) is 18.7. The number of halogens is 2. The molecule has 2 heterocycles. The Morgan fingerprint density at radius 1 is 1.38 bits per heavy atom. The first kappa shape index (κ1) is 19.0. The molecular weight excluding hydrogens is 395 g/mol. The lowest BCUT2D eigenvalue weighted by Gasteiger charge is -2.28. The molecule has 0 unspecified atom stereocenters. The Labute approximate surface area is 165 Å². The fraction of sp³-hybridized carbons (Fsp3) is 0.333. The van der Waals surface area contributed by atoms with E-state index < -0.39 is 5.97 Å². The highest BCUT2D eigenvalue weighted by Gasteiger charge is 2.29. The Hall–Kier alpha value is -1.78. The molecule has 136 valence electrons. The van der Waals surface area contributed by atoms with Gasteiger partial charge in [-0.2, -0.15) is 0 Å². The number of anilines is 1. The lowest BCUT2D eigenvalue weighted by atomic mass is 10.0. The second kappa shape index (κ2) is 8.28. The van der Waals surface area contributed by atoms with E-state index >= 15 is 0 Å². The number of thiophene rings is 1. The van der Waals surface area contributed by atoms with Crippen molar-refractivity contribution in [2.24, 2.45) is 0 Å². The van der Waals surface area contributed by atoms with Crippen molar-refractivity contribution in [3.05, 3.63) is 44.5 Å². The average molecular weight is 411 g/mol. The number of esters is 1. The van der Waals surface area contributed by atoms with E-state index in [1.165, 1.54) is 11.3 Å². The Balaban J connectivity index is 2.20. The molecule has 1 aliphatic rings. The highest BCUT2D eigenvalue weighted by atomic mass is 35.5. The maximum atomic E-state index is 12.6. The minimum Gasteiger partial charge on any atom is -0.462 e. The standard InChI is InChI=1S/C18H16Cl2N2O3S/c1-3-25-18(23)16-14(12-5-4-11(19)10-13(12)20)15(21-2)17(26-16)22-6-8-24-9-7-22/h4-5,10H,3,6-9H2,1H3. The van der Waals surface area contributed by atoms with Crippen molar-refractivity contribution >= 4 is 51.2 Å². The van der Waals surface area contributed by atoms with Crippen LogP contribution in [0.4, 0.5) is 10.7 Å². The van der Waals surface area contributed by atoms with Gasteiger partial charge in [-0.15, -0.1) is 11.3 Å². The third-order valence-electron chi connectivity index (χ3n) is 3.94. The number of morpholine rings is 1. The van der Waals surface area contributed by atoms with Gasteiger partial charge in [-0.3, -0.25) is 0 Å². The zero-order valence-electron chi connectivity index (χ0n) is 14.1. The molecule has 1 aromatic heterocycles. The predicted molar refractivity (Wildman–Crippen MR) is 105 cm³/mol. The van der Waals surface area contributed by atoms with Crippen LogP contribution in [0.25, 0.3) is 16.0 Å². The van der Waals surface area contributed by atoms with Gasteiger partial charge in [-0.1, -0.05) is 29.3 Å². The smallest absolute Gasteiger partial charge is 0.347 e. The van der Waals surface area contributed by atoms with Gasteiger partial charge in [0, 0.05) is 28.7 Å². The summed E-state index contributed by atoms with van der Waals surface area (Å²) in [7, 11) is 0. The number of benzene rings is 1. The zero-order chi connectivity index (χ0) is 18.7. The SMILES string of the molecule is [C-]#[N+]c1c(N2CCOCC2)sc(C(=O)OCC)c1-c1ccc(Cl)cc1Cl. The first-order valence-electron chi connectivity index (χ1n) is 8.06. The van der Waals surface area contributed by atoms with Crippen LogP contribution < -0.4 is 4.90 Å². The van der Waals surface area contributed by atoms with E-state index in [1.54, 1.807) is 25.1 Å². The molecule has 1 saturated heterocycles. The number of hydrogen-bond acceptors (Lipinski definition) is 5. The average Bonchev–Trinajstić information content (AvgIpc) is 3.02. The zero-order valence-corrected chi connectivity index (χ0v) is 16.4. The van der Waals surface area contributed by atoms with Gasteiger partial charge in [0.15, 0.2) is 0 Å². The normalized spacial score (nSPS) is 14.2. The largest absolute Gasteiger partial charge is 0.462 e. The molecule has 0 bridgehead atoms. The summed E-state index contributed by atoms with van der Waals surface area (Å²) in [6, 6.07) is 5.03. The molecule has 0 spiro atoms. The highest BCUT2D eigenvalue weighted by molar-refractivity contribution is 7.19. The Morgan fingerprint density at radius 2 is 2.12 bits per heavy atom. The van der Waals surface area contributed by atoms with Gasteiger partial charge < -0.3 is 14.4 Å². The summed E-state index contributed by atoms with van der Waals surface area (Å²) < 4.78 is 10.6. The summed E-state index contributed by atoms with van der Waals surface area (Å²) in [5.41, 5.74) is 1.51. The third kappa shape index (κ3) is 3.67. The number of rotatable bonds is 4. The first-order chi connectivity index (χ1) is 12.6. The molecule has 0 atom stereocenters. The van der Waals surface area contributed by atoms with Gasteiger partial charge in [-0.25, -0.2) is 9.64 Å². The molecule has 1 aromatic carbocycles. The van der Waals surface area contributed by atoms with E-state index in [2.05, 4.69) is 9.74 Å². The quantitative estimate of drug-likeness (QED) is 0.507. The molecule has 0 radical (unpaired) electrons. The van der Waals surface area contributed by atoms with Gasteiger partial charge in [-0.05, 0) is 24.6 Å². The van der Waals surface area contributed by atoms with Crippen LogP contribution in [-0.4, -0.2) is 38.9 Å². The van der Waals surface area contributed by atoms with E-state index in [9.17, 15) is 4.79 Å². The first-order valence-corrected chi connectivity index (χ1v) is 9.63. The molecule has 0 N–H and O–H groups in total. The fourth-order valence-electron chi connectivity index (χ4n) is 2.78. The van der Waals surface area contributed by atoms with Crippen molar-refractivity contribution in [1.82, 2.24) is 0 Å². The number of carbonyl (C=O) groups is 1. The van der Waals surface area contributed by atoms with E-state index in [1.807, 2.05) is 0 Å². The van der Waals surface area contributed by atoms with Crippen molar-refractivity contribution in [1.29, 1.82) is 0 Å². The molecular formula is C18H16Cl2N2O3S. The van der Waals surface area contributed by atoms with Crippen LogP contribution in [0.3, 0.4) is 0 Å². The number of hydrogen-bond donors (Lipinski definition) is 0. The van der Waals surface area contributed by atoms with Crippen molar-refractivity contribution in [3.8, 4) is 11.1 Å². The van der Waals surface area contributed by atoms with Gasteiger partial charge in [0.2, 0.25) is 5.69 Å². The maximum absolute atomic E-state index is 12.6. The molecule has 1 fully saturated rings. The molecule has 0 aliphatic carbocycles. The second-order valence-electron chi connectivity index (χ2n) is 5.52. The molecule has 8 heteroatoms. The lowest BCUT2D eigenvalue weighted by molar-refractivity contribution is 0.0533. The lowest BCUT2D eigenvalue weighted by Crippen LogP contribution is -2.35. The van der Waals surface area contributed by atoms with Crippen LogP contribution in [-0.2, 0) is 9.47 Å². The number of carbonyl (C=O) groups excluding carboxylic acids is 1. The second-order valence-corrected chi connectivity index (χ2v) is 7.36. The van der Waals surface area contributed by atoms with Crippen LogP contribution >= 0.6 is 34.5 Å². The maximum Gasteiger partial charge on any atom is 0.347 e. The highest BCUT2D eigenvalue weighted by Crippen LogP contribution is 2.50. The summed E-state index contributed by atoms with van der Waals surface area (Å²) in [5, 5.41) is 1.62. The van der Waals surface area contributed by atoms with Crippen LogP contribution in [0.5, 0.6) is 0 Å². The van der Waals surface area contributed by atoms with E-state index in [0.717, 1.165) is 5.00 Å². The molecule has 0 amide bonds. The van der Waals surface area contributed by atoms with Crippen LogP contribution in [0.15, 0.2) is 18.2 Å². The summed E-state index contributed by atoms with van der Waals surface area (Å²) in [6.45, 7) is 12.2. The Kier molecular flexibility index (Phi) is 6.05. The molecule has 1 aliphatic heterocycles. The molecule has 3 rings (SSSR count). The predicted octanol–water partition coefficient (Wildman–Crippen LogP) is 5.29. The fourth-order valence-corrected chi connectivity index (χ4v) is 4.48. The van der Waals surface area contributed by atoms with E-state index in [4.69, 9.17) is 39.2 Å². The molecule has 5 nitrogen and oxygen atoms in total. The number of ether oxygens (including phenoxy) is 2. The molecule has 0 saturated carbocycles. The number of nitrogens with zero attached hydrogens (tertiary/aromatic N) is 2. The molecule has 2 aromatic rings. The van der Waals surface area contributed by atoms with Gasteiger partial charge in [0.25, 0.3) is 0 Å². The Morgan fingerprint density at radius 3 is 2.73 bits per heavy atom. The topological polar surface area (TPSA) is 43.1 Å². The summed E-state index contributed by atoms with van der Waals surface area (Å²) in [5.74, 6) is -0.456. The minimum atomic E-state index is -0.456. The minimum absolute atomic E-state index is 0.255. The monoisotopic (exact) mass is 410 g/mol.